The number of hydrogen-bond acceptors (Lipinski definition) is 8. The predicted octanol–water partition coefficient (Wildman–Crippen LogP) is -2.18. The molecule has 19 heavy (non-hydrogen) atoms. The maximum absolute atomic E-state index is 11.4. The van der Waals surface area contributed by atoms with Crippen molar-refractivity contribution in [2.75, 3.05) is 6.61 Å². The maximum Gasteiger partial charge on any atom is 0.229 e. The smallest absolute Gasteiger partial charge is 0.229 e. The van der Waals surface area contributed by atoms with Gasteiger partial charge in [0.25, 0.3) is 0 Å². The van der Waals surface area contributed by atoms with E-state index in [1.54, 1.807) is 0 Å². The third-order valence-electron chi connectivity index (χ3n) is 2.81. The van der Waals surface area contributed by atoms with E-state index in [0.29, 0.717) is 0 Å². The Balaban J connectivity index is 2.15. The van der Waals surface area contributed by atoms with Crippen molar-refractivity contribution in [1.82, 2.24) is 0 Å². The zero-order chi connectivity index (χ0) is 14.0. The number of ether oxygens (including phenoxy) is 2. The van der Waals surface area contributed by atoms with E-state index in [1.807, 2.05) is 0 Å². The highest BCUT2D eigenvalue weighted by Crippen LogP contribution is 2.22. The van der Waals surface area contributed by atoms with Crippen LogP contribution < -0.4 is 10.2 Å². The molecular weight excluding hydrogens is 260 g/mol. The van der Waals surface area contributed by atoms with Gasteiger partial charge in [0.1, 0.15) is 30.7 Å². The fraction of sp³-hybridized carbons (Fsp3) is 0.545. The second-order valence-corrected chi connectivity index (χ2v) is 4.10. The molecule has 0 saturated carbocycles. The Bertz CT molecular complexity index is 470. The third kappa shape index (κ3) is 2.77. The highest BCUT2D eigenvalue weighted by molar-refractivity contribution is 5.14. The van der Waals surface area contributed by atoms with Crippen molar-refractivity contribution in [3.63, 3.8) is 0 Å². The van der Waals surface area contributed by atoms with Crippen LogP contribution in [0.5, 0.6) is 5.75 Å². The lowest BCUT2D eigenvalue weighted by Crippen LogP contribution is -2.60. The van der Waals surface area contributed by atoms with Gasteiger partial charge in [0.2, 0.25) is 17.5 Å². The first-order valence-electron chi connectivity index (χ1n) is 5.58. The first-order chi connectivity index (χ1) is 9.04. The minimum atomic E-state index is -1.57. The van der Waals surface area contributed by atoms with Crippen molar-refractivity contribution in [3.05, 3.63) is 28.8 Å². The van der Waals surface area contributed by atoms with Crippen LogP contribution in [0.15, 0.2) is 27.8 Å². The Labute approximate surface area is 107 Å². The second kappa shape index (κ2) is 5.68. The minimum Gasteiger partial charge on any atom is -0.468 e. The quantitative estimate of drug-likeness (QED) is 0.489. The predicted molar refractivity (Wildman–Crippen MR) is 59.4 cm³/mol. The lowest BCUT2D eigenvalue weighted by atomic mass is 9.99. The molecule has 1 saturated heterocycles. The number of aliphatic hydroxyl groups excluding tert-OH is 4. The molecule has 0 aromatic carbocycles. The summed E-state index contributed by atoms with van der Waals surface area (Å²) in [4.78, 5) is 11.4. The van der Waals surface area contributed by atoms with Gasteiger partial charge in [-0.3, -0.25) is 4.79 Å². The highest BCUT2D eigenvalue weighted by atomic mass is 16.7. The average Bonchev–Trinajstić information content (AvgIpc) is 2.41. The molecule has 2 heterocycles. The van der Waals surface area contributed by atoms with E-state index in [0.717, 1.165) is 18.6 Å². The van der Waals surface area contributed by atoms with E-state index in [9.17, 15) is 20.1 Å². The molecule has 1 aromatic heterocycles. The van der Waals surface area contributed by atoms with E-state index in [1.165, 1.54) is 0 Å². The van der Waals surface area contributed by atoms with E-state index in [-0.39, 0.29) is 5.75 Å². The van der Waals surface area contributed by atoms with Gasteiger partial charge in [-0.15, -0.1) is 0 Å². The Morgan fingerprint density at radius 2 is 1.95 bits per heavy atom. The molecular formula is C11H14O8. The van der Waals surface area contributed by atoms with Crippen LogP contribution in [0.25, 0.3) is 0 Å². The molecule has 1 aromatic rings. The number of aliphatic hydroxyl groups is 4. The normalized spacial score (nSPS) is 35.1. The summed E-state index contributed by atoms with van der Waals surface area (Å²) in [6.45, 7) is -0.575. The molecule has 0 amide bonds. The van der Waals surface area contributed by atoms with Crippen LogP contribution in [0.2, 0.25) is 0 Å². The Morgan fingerprint density at radius 1 is 1.21 bits per heavy atom. The van der Waals surface area contributed by atoms with Crippen LogP contribution in [-0.4, -0.2) is 57.7 Å². The van der Waals surface area contributed by atoms with Crippen molar-refractivity contribution < 1.29 is 34.3 Å². The van der Waals surface area contributed by atoms with Crippen LogP contribution >= 0.6 is 0 Å². The molecule has 0 spiro atoms. The van der Waals surface area contributed by atoms with Crippen LogP contribution in [0, 0.1) is 0 Å². The standard InChI is InChI=1S/C11H14O8/c12-3-6-8(14)9(15)10(16)11(18-6)19-7-4-17-2-1-5(7)13/h1-2,4,6,8-12,14-16H,3H2/t6-,8-,9+,10-,11+/m0/s1. The molecule has 0 aliphatic carbocycles. The molecule has 0 unspecified atom stereocenters. The summed E-state index contributed by atoms with van der Waals surface area (Å²) >= 11 is 0. The fourth-order valence-electron chi connectivity index (χ4n) is 1.72. The van der Waals surface area contributed by atoms with Gasteiger partial charge in [0, 0.05) is 6.07 Å². The van der Waals surface area contributed by atoms with Crippen LogP contribution in [0.1, 0.15) is 0 Å². The molecule has 1 aliphatic rings. The lowest BCUT2D eigenvalue weighted by Gasteiger charge is -2.39. The zero-order valence-electron chi connectivity index (χ0n) is 9.75. The topological polar surface area (TPSA) is 130 Å². The van der Waals surface area contributed by atoms with Crippen molar-refractivity contribution in [3.8, 4) is 5.75 Å². The molecule has 1 fully saturated rings. The van der Waals surface area contributed by atoms with Gasteiger partial charge >= 0.3 is 0 Å². The van der Waals surface area contributed by atoms with Crippen LogP contribution in [-0.2, 0) is 4.74 Å². The summed E-state index contributed by atoms with van der Waals surface area (Å²) < 4.78 is 14.9. The summed E-state index contributed by atoms with van der Waals surface area (Å²) in [7, 11) is 0. The van der Waals surface area contributed by atoms with Crippen LogP contribution in [0.4, 0.5) is 0 Å². The maximum atomic E-state index is 11.4. The first-order valence-corrected chi connectivity index (χ1v) is 5.58. The van der Waals surface area contributed by atoms with E-state index in [2.05, 4.69) is 0 Å². The Morgan fingerprint density at radius 3 is 2.58 bits per heavy atom. The Hall–Kier alpha value is -1.45. The summed E-state index contributed by atoms with van der Waals surface area (Å²) in [5.74, 6) is -0.216. The van der Waals surface area contributed by atoms with Gasteiger partial charge < -0.3 is 34.3 Å². The summed E-state index contributed by atoms with van der Waals surface area (Å²) in [6.07, 6.45) is -4.94. The SMILES string of the molecule is O=c1ccocc1O[C@H]1O[C@@H](CO)[C@H](O)[C@@H](O)[C@@H]1O. The molecule has 8 nitrogen and oxygen atoms in total. The van der Waals surface area contributed by atoms with Gasteiger partial charge in [0.05, 0.1) is 12.9 Å². The van der Waals surface area contributed by atoms with Gasteiger partial charge in [-0.1, -0.05) is 0 Å². The van der Waals surface area contributed by atoms with E-state index >= 15 is 0 Å². The molecule has 0 bridgehead atoms. The zero-order valence-corrected chi connectivity index (χ0v) is 9.75. The van der Waals surface area contributed by atoms with E-state index in [4.69, 9.17) is 19.0 Å². The van der Waals surface area contributed by atoms with Gasteiger partial charge in [0.15, 0.2) is 0 Å². The van der Waals surface area contributed by atoms with Crippen molar-refractivity contribution in [2.45, 2.75) is 30.7 Å². The average molecular weight is 274 g/mol. The molecule has 5 atom stereocenters. The largest absolute Gasteiger partial charge is 0.468 e. The minimum absolute atomic E-state index is 0.216. The van der Waals surface area contributed by atoms with Crippen LogP contribution in [0.3, 0.4) is 0 Å². The summed E-state index contributed by atoms with van der Waals surface area (Å²) in [5.41, 5.74) is -0.497. The van der Waals surface area contributed by atoms with Gasteiger partial charge in [-0.05, 0) is 0 Å². The van der Waals surface area contributed by atoms with Crippen molar-refractivity contribution in [1.29, 1.82) is 0 Å². The fourth-order valence-corrected chi connectivity index (χ4v) is 1.72. The first kappa shape index (κ1) is 14.0. The molecule has 1 aliphatic heterocycles. The van der Waals surface area contributed by atoms with Crippen molar-refractivity contribution >= 4 is 0 Å². The molecule has 106 valence electrons. The number of rotatable bonds is 3. The molecule has 8 heteroatoms. The number of hydrogen-bond donors (Lipinski definition) is 4. The van der Waals surface area contributed by atoms with E-state index < -0.39 is 42.7 Å². The summed E-state index contributed by atoms with van der Waals surface area (Å²) in [6, 6.07) is 1.11. The lowest BCUT2D eigenvalue weighted by molar-refractivity contribution is -0.277. The third-order valence-corrected chi connectivity index (χ3v) is 2.81. The Kier molecular flexibility index (Phi) is 4.17. The second-order valence-electron chi connectivity index (χ2n) is 4.10. The van der Waals surface area contributed by atoms with Gasteiger partial charge in [-0.2, -0.15) is 0 Å². The molecule has 0 radical (unpaired) electrons. The van der Waals surface area contributed by atoms with Crippen molar-refractivity contribution in [2.24, 2.45) is 0 Å². The highest BCUT2D eigenvalue weighted by Gasteiger charge is 2.44. The molecule has 4 N–H and O–H groups in total. The van der Waals surface area contributed by atoms with Gasteiger partial charge in [-0.25, -0.2) is 0 Å². The summed E-state index contributed by atoms with van der Waals surface area (Å²) in [5, 5.41) is 37.8. The monoisotopic (exact) mass is 274 g/mol. The molecule has 2 rings (SSSR count).